The van der Waals surface area contributed by atoms with Crippen molar-refractivity contribution in [2.75, 3.05) is 33.4 Å². The summed E-state index contributed by atoms with van der Waals surface area (Å²) in [4.78, 5) is 13.9. The van der Waals surface area contributed by atoms with E-state index in [-0.39, 0.29) is 11.6 Å². The fraction of sp³-hybridized carbons (Fsp3) is 0.923. The number of likely N-dealkylation sites (N-methyl/N-ethyl adjacent to an activating group) is 1. The monoisotopic (exact) mass is 255 g/mol. The first-order valence-corrected chi connectivity index (χ1v) is 6.84. The van der Waals surface area contributed by atoms with Gasteiger partial charge in [-0.2, -0.15) is 0 Å². The predicted octanol–water partition coefficient (Wildman–Crippen LogP) is 0.805. The molecule has 0 aromatic carbocycles. The summed E-state index contributed by atoms with van der Waals surface area (Å²) in [5.41, 5.74) is -0.0398. The second kappa shape index (κ2) is 5.45. The lowest BCUT2D eigenvalue weighted by Crippen LogP contribution is -2.48. The van der Waals surface area contributed by atoms with E-state index in [4.69, 9.17) is 4.74 Å². The third kappa shape index (κ3) is 3.14. The van der Waals surface area contributed by atoms with Crippen LogP contribution in [0.3, 0.4) is 0 Å². The van der Waals surface area contributed by atoms with Gasteiger partial charge in [-0.15, -0.1) is 0 Å². The molecular weight excluding hydrogens is 230 g/mol. The first-order valence-electron chi connectivity index (χ1n) is 6.84. The molecule has 2 fully saturated rings. The van der Waals surface area contributed by atoms with Gasteiger partial charge < -0.3 is 20.3 Å². The normalized spacial score (nSPS) is 26.5. The number of hydrogen-bond acceptors (Lipinski definition) is 3. The molecule has 1 atom stereocenters. The highest BCUT2D eigenvalue weighted by molar-refractivity contribution is 5.77. The molecule has 18 heavy (non-hydrogen) atoms. The summed E-state index contributed by atoms with van der Waals surface area (Å²) in [6.07, 6.45) is 2.13. The molecule has 5 heteroatoms. The first kappa shape index (κ1) is 13.6. The van der Waals surface area contributed by atoms with Crippen molar-refractivity contribution in [3.63, 3.8) is 0 Å². The fourth-order valence-corrected chi connectivity index (χ4v) is 2.69. The van der Waals surface area contributed by atoms with Crippen LogP contribution in [0, 0.1) is 5.92 Å². The second-order valence-corrected chi connectivity index (χ2v) is 6.02. The number of hydrogen-bond donors (Lipinski definition) is 2. The van der Waals surface area contributed by atoms with Crippen molar-refractivity contribution in [2.24, 2.45) is 5.92 Å². The molecule has 0 aromatic rings. The minimum Gasteiger partial charge on any atom is -0.381 e. The van der Waals surface area contributed by atoms with Crippen LogP contribution in [0.25, 0.3) is 0 Å². The smallest absolute Gasteiger partial charge is 0.317 e. The van der Waals surface area contributed by atoms with Crippen molar-refractivity contribution >= 4 is 6.03 Å². The summed E-state index contributed by atoms with van der Waals surface area (Å²) >= 11 is 0. The van der Waals surface area contributed by atoms with Crippen LogP contribution in [0.15, 0.2) is 0 Å². The van der Waals surface area contributed by atoms with E-state index in [2.05, 4.69) is 24.5 Å². The highest BCUT2D eigenvalue weighted by atomic mass is 16.5. The molecule has 2 aliphatic heterocycles. The molecule has 5 nitrogen and oxygen atoms in total. The molecule has 0 aromatic heterocycles. The lowest BCUT2D eigenvalue weighted by Gasteiger charge is -2.30. The van der Waals surface area contributed by atoms with Crippen molar-refractivity contribution in [1.29, 1.82) is 0 Å². The Bertz CT molecular complexity index is 301. The van der Waals surface area contributed by atoms with E-state index >= 15 is 0 Å². The van der Waals surface area contributed by atoms with Crippen LogP contribution in [-0.4, -0.2) is 55.9 Å². The number of amides is 2. The molecule has 0 radical (unpaired) electrons. The van der Waals surface area contributed by atoms with Gasteiger partial charge in [0.2, 0.25) is 0 Å². The molecular formula is C13H25N3O2. The predicted molar refractivity (Wildman–Crippen MR) is 70.6 cm³/mol. The average Bonchev–Trinajstić information content (AvgIpc) is 2.72. The molecule has 2 N–H and O–H groups in total. The van der Waals surface area contributed by atoms with E-state index in [0.717, 1.165) is 39.1 Å². The minimum atomic E-state index is -0.0398. The van der Waals surface area contributed by atoms with Crippen LogP contribution in [0.4, 0.5) is 4.79 Å². The third-order valence-electron chi connectivity index (χ3n) is 4.11. The highest BCUT2D eigenvalue weighted by Gasteiger charge is 2.36. The summed E-state index contributed by atoms with van der Waals surface area (Å²) in [5.74, 6) is 0.574. The van der Waals surface area contributed by atoms with Crippen molar-refractivity contribution in [1.82, 2.24) is 15.5 Å². The molecule has 2 rings (SSSR count). The van der Waals surface area contributed by atoms with E-state index in [9.17, 15) is 4.79 Å². The molecule has 0 aliphatic carbocycles. The zero-order valence-corrected chi connectivity index (χ0v) is 11.7. The maximum atomic E-state index is 12.0. The molecule has 2 heterocycles. The lowest BCUT2D eigenvalue weighted by atomic mass is 9.92. The molecule has 2 amide bonds. The van der Waals surface area contributed by atoms with Gasteiger partial charge in [-0.25, -0.2) is 4.79 Å². The summed E-state index contributed by atoms with van der Waals surface area (Å²) in [5, 5.41) is 6.37. The van der Waals surface area contributed by atoms with Gasteiger partial charge in [-0.1, -0.05) is 0 Å². The maximum Gasteiger partial charge on any atom is 0.317 e. The number of nitrogens with zero attached hydrogens (tertiary/aromatic N) is 1. The van der Waals surface area contributed by atoms with E-state index in [1.165, 1.54) is 0 Å². The third-order valence-corrected chi connectivity index (χ3v) is 4.11. The summed E-state index contributed by atoms with van der Waals surface area (Å²) in [7, 11) is 1.93. The van der Waals surface area contributed by atoms with Crippen molar-refractivity contribution < 1.29 is 9.53 Å². The standard InChI is InChI=1S/C13H25N3O2/c1-13(2,14-3)9-16-8-11(15-12(16)17)10-4-6-18-7-5-10/h10-11,14H,4-9H2,1-3H3,(H,15,17). The zero-order valence-electron chi connectivity index (χ0n) is 11.7. The molecule has 1 unspecified atom stereocenters. The average molecular weight is 255 g/mol. The van der Waals surface area contributed by atoms with Crippen LogP contribution < -0.4 is 10.6 Å². The summed E-state index contributed by atoms with van der Waals surface area (Å²) in [6, 6.07) is 0.379. The van der Waals surface area contributed by atoms with Gasteiger partial charge in [-0.05, 0) is 39.7 Å². The fourth-order valence-electron chi connectivity index (χ4n) is 2.69. The largest absolute Gasteiger partial charge is 0.381 e. The number of carbonyl (C=O) groups excluding carboxylic acids is 1. The van der Waals surface area contributed by atoms with Gasteiger partial charge in [0.1, 0.15) is 0 Å². The van der Waals surface area contributed by atoms with E-state index in [0.29, 0.717) is 12.0 Å². The number of nitrogens with one attached hydrogen (secondary N) is 2. The lowest BCUT2D eigenvalue weighted by molar-refractivity contribution is 0.0564. The van der Waals surface area contributed by atoms with Crippen LogP contribution >= 0.6 is 0 Å². The number of rotatable bonds is 4. The topological polar surface area (TPSA) is 53.6 Å². The second-order valence-electron chi connectivity index (χ2n) is 6.02. The van der Waals surface area contributed by atoms with Gasteiger partial charge >= 0.3 is 6.03 Å². The number of carbonyl (C=O) groups is 1. The van der Waals surface area contributed by atoms with Crippen LogP contribution in [0.5, 0.6) is 0 Å². The Kier molecular flexibility index (Phi) is 4.12. The molecule has 2 saturated heterocycles. The Morgan fingerprint density at radius 3 is 2.72 bits per heavy atom. The van der Waals surface area contributed by atoms with Gasteiger partial charge in [0, 0.05) is 31.8 Å². The van der Waals surface area contributed by atoms with Gasteiger partial charge in [0.05, 0.1) is 6.04 Å². The Morgan fingerprint density at radius 2 is 2.11 bits per heavy atom. The van der Waals surface area contributed by atoms with Crippen molar-refractivity contribution in [2.45, 2.75) is 38.3 Å². The van der Waals surface area contributed by atoms with Crippen LogP contribution in [0.1, 0.15) is 26.7 Å². The molecule has 0 bridgehead atoms. The zero-order chi connectivity index (χ0) is 13.2. The minimum absolute atomic E-state index is 0.0398. The molecule has 104 valence electrons. The number of ether oxygens (including phenoxy) is 1. The molecule has 0 saturated carbocycles. The van der Waals surface area contributed by atoms with E-state index < -0.39 is 0 Å². The summed E-state index contributed by atoms with van der Waals surface area (Å²) in [6.45, 7) is 7.46. The van der Waals surface area contributed by atoms with Crippen molar-refractivity contribution in [3.8, 4) is 0 Å². The molecule has 2 aliphatic rings. The Hall–Kier alpha value is -0.810. The number of urea groups is 1. The van der Waals surface area contributed by atoms with Gasteiger partial charge in [-0.3, -0.25) is 0 Å². The Balaban J connectivity index is 1.90. The van der Waals surface area contributed by atoms with E-state index in [1.54, 1.807) is 0 Å². The van der Waals surface area contributed by atoms with E-state index in [1.807, 2.05) is 11.9 Å². The van der Waals surface area contributed by atoms with Gasteiger partial charge in [0.25, 0.3) is 0 Å². The first-order chi connectivity index (χ1) is 8.52. The maximum absolute atomic E-state index is 12.0. The molecule has 0 spiro atoms. The Morgan fingerprint density at radius 1 is 1.44 bits per heavy atom. The quantitative estimate of drug-likeness (QED) is 0.781. The Labute approximate surface area is 109 Å². The van der Waals surface area contributed by atoms with Crippen LogP contribution in [0.2, 0.25) is 0 Å². The highest BCUT2D eigenvalue weighted by Crippen LogP contribution is 2.23. The van der Waals surface area contributed by atoms with Crippen LogP contribution in [-0.2, 0) is 4.74 Å². The summed E-state index contributed by atoms with van der Waals surface area (Å²) < 4.78 is 5.37. The van der Waals surface area contributed by atoms with Crippen molar-refractivity contribution in [3.05, 3.63) is 0 Å². The SMILES string of the molecule is CNC(C)(C)CN1CC(C2CCOCC2)NC1=O. The van der Waals surface area contributed by atoms with Gasteiger partial charge in [0.15, 0.2) is 0 Å².